The van der Waals surface area contributed by atoms with Gasteiger partial charge in [0.1, 0.15) is 5.82 Å². The second-order valence-corrected chi connectivity index (χ2v) is 5.59. The van der Waals surface area contributed by atoms with Crippen molar-refractivity contribution in [1.82, 2.24) is 20.2 Å². The summed E-state index contributed by atoms with van der Waals surface area (Å²) in [5.74, 6) is 1.24. The smallest absolute Gasteiger partial charge is 0.220 e. The topological polar surface area (TPSA) is 59.0 Å². The van der Waals surface area contributed by atoms with E-state index in [4.69, 9.17) is 4.98 Å². The summed E-state index contributed by atoms with van der Waals surface area (Å²) in [4.78, 5) is 15.9. The molecule has 112 valence electrons. The number of piperidine rings is 1. The first-order chi connectivity index (χ1) is 10.3. The quantitative estimate of drug-likeness (QED) is 0.881. The highest BCUT2D eigenvalue weighted by Gasteiger charge is 2.18. The summed E-state index contributed by atoms with van der Waals surface area (Å²) in [5, 5.41) is 6.43. The van der Waals surface area contributed by atoms with Crippen LogP contribution in [0, 0.1) is 0 Å². The lowest BCUT2D eigenvalue weighted by molar-refractivity contribution is -0.122. The number of rotatable bonds is 5. The number of carbonyl (C=O) groups is 1. The molecule has 0 radical (unpaired) electrons. The van der Waals surface area contributed by atoms with Gasteiger partial charge < -0.3 is 15.2 Å². The van der Waals surface area contributed by atoms with Crippen molar-refractivity contribution in [2.75, 3.05) is 6.54 Å². The average Bonchev–Trinajstić information content (AvgIpc) is 2.85. The molecular formula is C16H22N4O. The molecule has 21 heavy (non-hydrogen) atoms. The molecule has 1 aromatic carbocycles. The highest BCUT2D eigenvalue weighted by Crippen LogP contribution is 2.17. The van der Waals surface area contributed by atoms with Crippen LogP contribution in [0.15, 0.2) is 24.3 Å². The maximum absolute atomic E-state index is 11.2. The predicted octanol–water partition coefficient (Wildman–Crippen LogP) is 1.81. The van der Waals surface area contributed by atoms with Crippen molar-refractivity contribution in [1.29, 1.82) is 0 Å². The Hall–Kier alpha value is -1.88. The Bertz CT molecular complexity index is 624. The minimum Gasteiger partial charge on any atom is -0.355 e. The summed E-state index contributed by atoms with van der Waals surface area (Å²) >= 11 is 0. The van der Waals surface area contributed by atoms with Crippen molar-refractivity contribution < 1.29 is 4.79 Å². The molecule has 1 aromatic heterocycles. The molecule has 1 aliphatic heterocycles. The molecular weight excluding hydrogens is 264 g/mol. The number of para-hydroxylation sites is 2. The van der Waals surface area contributed by atoms with Gasteiger partial charge in [0.15, 0.2) is 0 Å². The summed E-state index contributed by atoms with van der Waals surface area (Å²) in [6.45, 7) is 4.63. The van der Waals surface area contributed by atoms with E-state index in [1.807, 2.05) is 6.07 Å². The van der Waals surface area contributed by atoms with Gasteiger partial charge in [-0.3, -0.25) is 4.79 Å². The van der Waals surface area contributed by atoms with Gasteiger partial charge in [0.25, 0.3) is 0 Å². The minimum absolute atomic E-state index is 0.159. The number of imidazole rings is 1. The van der Waals surface area contributed by atoms with Crippen molar-refractivity contribution in [3.63, 3.8) is 0 Å². The Labute approximate surface area is 124 Å². The van der Waals surface area contributed by atoms with Crippen LogP contribution in [-0.2, 0) is 17.9 Å². The third kappa shape index (κ3) is 3.08. The summed E-state index contributed by atoms with van der Waals surface area (Å²) < 4.78 is 2.30. The number of aryl methyl sites for hydroxylation is 1. The van der Waals surface area contributed by atoms with Gasteiger partial charge in [0.2, 0.25) is 5.91 Å². The summed E-state index contributed by atoms with van der Waals surface area (Å²) in [5.41, 5.74) is 2.26. The maximum atomic E-state index is 11.2. The molecule has 2 heterocycles. The predicted molar refractivity (Wildman–Crippen MR) is 82.9 cm³/mol. The van der Waals surface area contributed by atoms with E-state index in [9.17, 15) is 4.79 Å². The SMILES string of the molecule is CCCn1c(CNC2CCC(=O)NC2)nc2ccccc21. The molecule has 1 unspecified atom stereocenters. The van der Waals surface area contributed by atoms with Crippen LogP contribution in [0.25, 0.3) is 11.0 Å². The van der Waals surface area contributed by atoms with Crippen molar-refractivity contribution in [2.24, 2.45) is 0 Å². The Kier molecular flexibility index (Phi) is 4.20. The van der Waals surface area contributed by atoms with E-state index in [0.29, 0.717) is 19.0 Å². The standard InChI is InChI=1S/C16H22N4O/c1-2-9-20-14-6-4-3-5-13(14)19-15(20)11-17-12-7-8-16(21)18-10-12/h3-6,12,17H,2,7-11H2,1H3,(H,18,21). The number of benzene rings is 1. The highest BCUT2D eigenvalue weighted by molar-refractivity contribution is 5.77. The first kappa shape index (κ1) is 14.1. The van der Waals surface area contributed by atoms with Gasteiger partial charge in [-0.2, -0.15) is 0 Å². The highest BCUT2D eigenvalue weighted by atomic mass is 16.1. The van der Waals surface area contributed by atoms with Gasteiger partial charge in [-0.25, -0.2) is 4.98 Å². The summed E-state index contributed by atoms with van der Waals surface area (Å²) in [7, 11) is 0. The third-order valence-corrected chi connectivity index (χ3v) is 4.00. The Balaban J connectivity index is 1.73. The van der Waals surface area contributed by atoms with Gasteiger partial charge in [-0.1, -0.05) is 19.1 Å². The molecule has 1 atom stereocenters. The molecule has 1 aliphatic rings. The second kappa shape index (κ2) is 6.26. The van der Waals surface area contributed by atoms with Crippen LogP contribution in [0.2, 0.25) is 0 Å². The fraction of sp³-hybridized carbons (Fsp3) is 0.500. The number of nitrogens with zero attached hydrogens (tertiary/aromatic N) is 2. The molecule has 0 aliphatic carbocycles. The lowest BCUT2D eigenvalue weighted by Gasteiger charge is -2.23. The molecule has 0 spiro atoms. The molecule has 3 rings (SSSR count). The summed E-state index contributed by atoms with van der Waals surface area (Å²) in [6, 6.07) is 8.62. The van der Waals surface area contributed by atoms with Crippen LogP contribution in [0.1, 0.15) is 32.0 Å². The molecule has 1 fully saturated rings. The molecule has 0 saturated carbocycles. The van der Waals surface area contributed by atoms with Crippen LogP contribution in [0.5, 0.6) is 0 Å². The van der Waals surface area contributed by atoms with E-state index < -0.39 is 0 Å². The van der Waals surface area contributed by atoms with E-state index >= 15 is 0 Å². The molecule has 0 bridgehead atoms. The molecule has 1 amide bonds. The van der Waals surface area contributed by atoms with Crippen molar-refractivity contribution in [2.45, 2.75) is 45.3 Å². The van der Waals surface area contributed by atoms with Crippen LogP contribution in [-0.4, -0.2) is 28.0 Å². The first-order valence-corrected chi connectivity index (χ1v) is 7.72. The van der Waals surface area contributed by atoms with Gasteiger partial charge in [-0.05, 0) is 25.0 Å². The number of aromatic nitrogens is 2. The van der Waals surface area contributed by atoms with E-state index in [2.05, 4.69) is 40.3 Å². The molecule has 5 nitrogen and oxygen atoms in total. The number of hydrogen-bond acceptors (Lipinski definition) is 3. The normalized spacial score (nSPS) is 18.9. The number of hydrogen-bond donors (Lipinski definition) is 2. The second-order valence-electron chi connectivity index (χ2n) is 5.59. The van der Waals surface area contributed by atoms with Crippen molar-refractivity contribution in [3.8, 4) is 0 Å². The fourth-order valence-electron chi connectivity index (χ4n) is 2.88. The minimum atomic E-state index is 0.159. The zero-order chi connectivity index (χ0) is 14.7. The van der Waals surface area contributed by atoms with Crippen molar-refractivity contribution in [3.05, 3.63) is 30.1 Å². The monoisotopic (exact) mass is 286 g/mol. The fourth-order valence-corrected chi connectivity index (χ4v) is 2.88. The van der Waals surface area contributed by atoms with E-state index in [-0.39, 0.29) is 5.91 Å². The number of fused-ring (bicyclic) bond motifs is 1. The zero-order valence-corrected chi connectivity index (χ0v) is 12.4. The lowest BCUT2D eigenvalue weighted by atomic mass is 10.1. The first-order valence-electron chi connectivity index (χ1n) is 7.72. The number of amides is 1. The van der Waals surface area contributed by atoms with Gasteiger partial charge in [0.05, 0.1) is 17.6 Å². The van der Waals surface area contributed by atoms with E-state index in [1.165, 1.54) is 5.52 Å². The molecule has 1 saturated heterocycles. The molecule has 2 N–H and O–H groups in total. The van der Waals surface area contributed by atoms with Gasteiger partial charge in [0, 0.05) is 25.6 Å². The Morgan fingerprint density at radius 2 is 2.29 bits per heavy atom. The largest absolute Gasteiger partial charge is 0.355 e. The number of nitrogens with one attached hydrogen (secondary N) is 2. The van der Waals surface area contributed by atoms with E-state index in [1.54, 1.807) is 0 Å². The number of carbonyl (C=O) groups excluding carboxylic acids is 1. The van der Waals surface area contributed by atoms with Crippen LogP contribution >= 0.6 is 0 Å². The summed E-state index contributed by atoms with van der Waals surface area (Å²) in [6.07, 6.45) is 2.61. The zero-order valence-electron chi connectivity index (χ0n) is 12.4. The Morgan fingerprint density at radius 3 is 3.05 bits per heavy atom. The molecule has 5 heteroatoms. The Morgan fingerprint density at radius 1 is 1.43 bits per heavy atom. The van der Waals surface area contributed by atoms with Crippen LogP contribution in [0.4, 0.5) is 0 Å². The van der Waals surface area contributed by atoms with Crippen molar-refractivity contribution >= 4 is 16.9 Å². The average molecular weight is 286 g/mol. The van der Waals surface area contributed by atoms with Gasteiger partial charge in [-0.15, -0.1) is 0 Å². The van der Waals surface area contributed by atoms with Crippen LogP contribution < -0.4 is 10.6 Å². The third-order valence-electron chi connectivity index (χ3n) is 4.00. The van der Waals surface area contributed by atoms with Crippen LogP contribution in [0.3, 0.4) is 0 Å². The van der Waals surface area contributed by atoms with Gasteiger partial charge >= 0.3 is 0 Å². The molecule has 2 aromatic rings. The van der Waals surface area contributed by atoms with E-state index in [0.717, 1.165) is 37.3 Å². The lowest BCUT2D eigenvalue weighted by Crippen LogP contribution is -2.45. The maximum Gasteiger partial charge on any atom is 0.220 e.